The zero-order valence-corrected chi connectivity index (χ0v) is 11.2. The van der Waals surface area contributed by atoms with Crippen LogP contribution in [0.5, 0.6) is 0 Å². The number of carboxylic acid groups (broad SMARTS) is 1. The van der Waals surface area contributed by atoms with Crippen molar-refractivity contribution in [2.75, 3.05) is 5.32 Å². The first kappa shape index (κ1) is 14.6. The fourth-order valence-electron chi connectivity index (χ4n) is 1.68. The molecule has 8 heteroatoms. The van der Waals surface area contributed by atoms with Gasteiger partial charge in [-0.05, 0) is 24.6 Å². The van der Waals surface area contributed by atoms with Gasteiger partial charge in [0.2, 0.25) is 5.82 Å². The number of aromatic amines is 1. The number of aryl methyl sites for hydroxylation is 1. The molecule has 0 spiro atoms. The first-order valence-corrected chi connectivity index (χ1v) is 6.26. The third-order valence-corrected chi connectivity index (χ3v) is 2.68. The Morgan fingerprint density at radius 3 is 2.86 bits per heavy atom. The second kappa shape index (κ2) is 6.12. The van der Waals surface area contributed by atoms with Crippen LogP contribution >= 0.6 is 0 Å². The van der Waals surface area contributed by atoms with Crippen LogP contribution in [0, 0.1) is 5.82 Å². The van der Waals surface area contributed by atoms with Crippen molar-refractivity contribution < 1.29 is 19.1 Å². The standard InChI is InChI=1S/C13H13FN4O3/c1-2-3-10-16-11(18-17-10)12(19)15-9-6-7(13(20)21)4-5-8(9)14/h4-6H,2-3H2,1H3,(H,15,19)(H,20,21)(H,16,17,18). The van der Waals surface area contributed by atoms with Crippen LogP contribution in [0.25, 0.3) is 0 Å². The predicted molar refractivity (Wildman–Crippen MR) is 71.7 cm³/mol. The number of hydrogen-bond acceptors (Lipinski definition) is 4. The molecule has 1 amide bonds. The van der Waals surface area contributed by atoms with E-state index in [0.29, 0.717) is 12.2 Å². The van der Waals surface area contributed by atoms with E-state index < -0.39 is 17.7 Å². The zero-order valence-electron chi connectivity index (χ0n) is 11.2. The molecular formula is C13H13FN4O3. The van der Waals surface area contributed by atoms with Gasteiger partial charge in [-0.15, -0.1) is 5.10 Å². The molecule has 2 aromatic rings. The molecule has 0 atom stereocenters. The van der Waals surface area contributed by atoms with E-state index in [1.807, 2.05) is 6.92 Å². The summed E-state index contributed by atoms with van der Waals surface area (Å²) in [5.74, 6) is -2.23. The molecule has 0 bridgehead atoms. The molecule has 0 aliphatic rings. The summed E-state index contributed by atoms with van der Waals surface area (Å²) in [5.41, 5.74) is -0.366. The summed E-state index contributed by atoms with van der Waals surface area (Å²) in [6.07, 6.45) is 1.48. The second-order valence-electron chi connectivity index (χ2n) is 4.31. The van der Waals surface area contributed by atoms with Crippen LogP contribution in [0.2, 0.25) is 0 Å². The Balaban J connectivity index is 2.18. The minimum absolute atomic E-state index is 0.126. The van der Waals surface area contributed by atoms with Gasteiger partial charge in [0.05, 0.1) is 11.3 Å². The van der Waals surface area contributed by atoms with Gasteiger partial charge in [0.15, 0.2) is 0 Å². The molecule has 0 aliphatic carbocycles. The summed E-state index contributed by atoms with van der Waals surface area (Å²) in [4.78, 5) is 26.7. The van der Waals surface area contributed by atoms with Crippen LogP contribution in [0.4, 0.5) is 10.1 Å². The number of carboxylic acids is 1. The lowest BCUT2D eigenvalue weighted by atomic mass is 10.2. The highest BCUT2D eigenvalue weighted by Gasteiger charge is 2.16. The normalized spacial score (nSPS) is 10.4. The number of aromatic nitrogens is 3. The van der Waals surface area contributed by atoms with Crippen LogP contribution in [0.1, 0.15) is 40.1 Å². The lowest BCUT2D eigenvalue weighted by Crippen LogP contribution is -2.15. The van der Waals surface area contributed by atoms with Crippen molar-refractivity contribution in [3.05, 3.63) is 41.2 Å². The maximum absolute atomic E-state index is 13.6. The molecule has 2 rings (SSSR count). The average molecular weight is 292 g/mol. The van der Waals surface area contributed by atoms with E-state index in [2.05, 4.69) is 20.5 Å². The van der Waals surface area contributed by atoms with Crippen molar-refractivity contribution in [3.63, 3.8) is 0 Å². The fourth-order valence-corrected chi connectivity index (χ4v) is 1.68. The topological polar surface area (TPSA) is 108 Å². The number of anilines is 1. The number of halogens is 1. The smallest absolute Gasteiger partial charge is 0.335 e. The molecule has 0 saturated carbocycles. The molecule has 3 N–H and O–H groups in total. The van der Waals surface area contributed by atoms with E-state index in [0.717, 1.165) is 24.6 Å². The Hall–Kier alpha value is -2.77. The van der Waals surface area contributed by atoms with Gasteiger partial charge in [-0.3, -0.25) is 9.89 Å². The molecule has 0 aliphatic heterocycles. The summed E-state index contributed by atoms with van der Waals surface area (Å²) in [5, 5.41) is 17.4. The number of carbonyl (C=O) groups excluding carboxylic acids is 1. The largest absolute Gasteiger partial charge is 0.478 e. The quantitative estimate of drug-likeness (QED) is 0.779. The van der Waals surface area contributed by atoms with Crippen LogP contribution in [-0.2, 0) is 6.42 Å². The number of nitrogens with one attached hydrogen (secondary N) is 2. The van der Waals surface area contributed by atoms with Crippen LogP contribution in [0.15, 0.2) is 18.2 Å². The number of amides is 1. The maximum atomic E-state index is 13.6. The van der Waals surface area contributed by atoms with Crippen molar-refractivity contribution in [1.29, 1.82) is 0 Å². The molecule has 1 aromatic heterocycles. The summed E-state index contributed by atoms with van der Waals surface area (Å²) in [6, 6.07) is 3.12. The molecule has 21 heavy (non-hydrogen) atoms. The molecule has 1 aromatic carbocycles. The summed E-state index contributed by atoms with van der Waals surface area (Å²) >= 11 is 0. The lowest BCUT2D eigenvalue weighted by Gasteiger charge is -2.05. The number of H-pyrrole nitrogens is 1. The van der Waals surface area contributed by atoms with Gasteiger partial charge in [0, 0.05) is 6.42 Å². The molecule has 0 saturated heterocycles. The monoisotopic (exact) mass is 292 g/mol. The van der Waals surface area contributed by atoms with E-state index in [1.165, 1.54) is 0 Å². The number of rotatable bonds is 5. The van der Waals surface area contributed by atoms with Crippen molar-refractivity contribution in [3.8, 4) is 0 Å². The molecule has 110 valence electrons. The SMILES string of the molecule is CCCc1nc(C(=O)Nc2cc(C(=O)O)ccc2F)n[nH]1. The van der Waals surface area contributed by atoms with E-state index in [9.17, 15) is 14.0 Å². The Morgan fingerprint density at radius 1 is 1.43 bits per heavy atom. The Labute approximate surface area is 119 Å². The van der Waals surface area contributed by atoms with Crippen LogP contribution < -0.4 is 5.32 Å². The number of aromatic carboxylic acids is 1. The molecule has 0 unspecified atom stereocenters. The van der Waals surface area contributed by atoms with Gasteiger partial charge >= 0.3 is 5.97 Å². The fraction of sp³-hybridized carbons (Fsp3) is 0.231. The van der Waals surface area contributed by atoms with Crippen molar-refractivity contribution >= 4 is 17.6 Å². The summed E-state index contributed by atoms with van der Waals surface area (Å²) in [7, 11) is 0. The third kappa shape index (κ3) is 3.41. The first-order chi connectivity index (χ1) is 10.0. The van der Waals surface area contributed by atoms with Gasteiger partial charge in [-0.2, -0.15) is 0 Å². The highest BCUT2D eigenvalue weighted by Crippen LogP contribution is 2.17. The molecule has 0 radical (unpaired) electrons. The van der Waals surface area contributed by atoms with Crippen LogP contribution in [0.3, 0.4) is 0 Å². The minimum atomic E-state index is -1.21. The Bertz CT molecular complexity index is 684. The molecular weight excluding hydrogens is 279 g/mol. The highest BCUT2D eigenvalue weighted by atomic mass is 19.1. The van der Waals surface area contributed by atoms with E-state index in [1.54, 1.807) is 0 Å². The number of hydrogen-bond donors (Lipinski definition) is 3. The minimum Gasteiger partial charge on any atom is -0.478 e. The lowest BCUT2D eigenvalue weighted by molar-refractivity contribution is 0.0696. The van der Waals surface area contributed by atoms with Crippen LogP contribution in [-0.4, -0.2) is 32.2 Å². The van der Waals surface area contributed by atoms with Crippen molar-refractivity contribution in [2.24, 2.45) is 0 Å². The summed E-state index contributed by atoms with van der Waals surface area (Å²) < 4.78 is 13.6. The van der Waals surface area contributed by atoms with Crippen molar-refractivity contribution in [1.82, 2.24) is 15.2 Å². The number of nitrogens with zero attached hydrogens (tertiary/aromatic N) is 2. The third-order valence-electron chi connectivity index (χ3n) is 2.68. The molecule has 1 heterocycles. The Kier molecular flexibility index (Phi) is 4.27. The van der Waals surface area contributed by atoms with Gasteiger partial charge in [0.25, 0.3) is 5.91 Å². The van der Waals surface area contributed by atoms with E-state index >= 15 is 0 Å². The Morgan fingerprint density at radius 2 is 2.19 bits per heavy atom. The molecule has 7 nitrogen and oxygen atoms in total. The maximum Gasteiger partial charge on any atom is 0.335 e. The first-order valence-electron chi connectivity index (χ1n) is 6.26. The van der Waals surface area contributed by atoms with E-state index in [4.69, 9.17) is 5.11 Å². The van der Waals surface area contributed by atoms with E-state index in [-0.39, 0.29) is 17.1 Å². The van der Waals surface area contributed by atoms with Gasteiger partial charge in [-0.25, -0.2) is 14.2 Å². The predicted octanol–water partition coefficient (Wildman–Crippen LogP) is 1.85. The number of benzene rings is 1. The van der Waals surface area contributed by atoms with Gasteiger partial charge < -0.3 is 10.4 Å². The van der Waals surface area contributed by atoms with Gasteiger partial charge in [-0.1, -0.05) is 6.92 Å². The number of carbonyl (C=O) groups is 2. The van der Waals surface area contributed by atoms with Crippen molar-refractivity contribution in [2.45, 2.75) is 19.8 Å². The highest BCUT2D eigenvalue weighted by molar-refractivity contribution is 6.02. The molecule has 0 fully saturated rings. The van der Waals surface area contributed by atoms with Gasteiger partial charge in [0.1, 0.15) is 11.6 Å². The second-order valence-corrected chi connectivity index (χ2v) is 4.31. The zero-order chi connectivity index (χ0) is 15.4. The summed E-state index contributed by atoms with van der Waals surface area (Å²) in [6.45, 7) is 1.95. The average Bonchev–Trinajstić information content (AvgIpc) is 2.90.